The zero-order valence-corrected chi connectivity index (χ0v) is 9.55. The van der Waals surface area contributed by atoms with Gasteiger partial charge < -0.3 is 10.4 Å². The number of hydrogen-bond acceptors (Lipinski definition) is 3. The van der Waals surface area contributed by atoms with Crippen molar-refractivity contribution in [2.75, 3.05) is 11.9 Å². The number of anilines is 1. The second-order valence-electron chi connectivity index (χ2n) is 3.89. The molecule has 1 aromatic carbocycles. The zero-order valence-electron chi connectivity index (χ0n) is 9.55. The molecule has 6 heteroatoms. The van der Waals surface area contributed by atoms with E-state index in [1.807, 2.05) is 0 Å². The fourth-order valence-electron chi connectivity index (χ4n) is 1.55. The van der Waals surface area contributed by atoms with E-state index in [9.17, 15) is 13.9 Å². The van der Waals surface area contributed by atoms with Crippen LogP contribution in [-0.4, -0.2) is 27.5 Å². The van der Waals surface area contributed by atoms with Crippen molar-refractivity contribution >= 4 is 5.69 Å². The van der Waals surface area contributed by atoms with Crippen molar-refractivity contribution < 1.29 is 13.9 Å². The van der Waals surface area contributed by atoms with Crippen molar-refractivity contribution in [3.63, 3.8) is 0 Å². The van der Waals surface area contributed by atoms with E-state index in [1.54, 1.807) is 23.1 Å². The van der Waals surface area contributed by atoms with Gasteiger partial charge in [-0.15, -0.1) is 0 Å². The van der Waals surface area contributed by atoms with E-state index in [4.69, 9.17) is 0 Å². The van der Waals surface area contributed by atoms with Crippen LogP contribution < -0.4 is 5.32 Å². The lowest BCUT2D eigenvalue weighted by atomic mass is 10.2. The highest BCUT2D eigenvalue weighted by Gasteiger charge is 2.08. The molecule has 0 radical (unpaired) electrons. The Kier molecular flexibility index (Phi) is 3.88. The first-order valence-electron chi connectivity index (χ1n) is 5.49. The SMILES string of the molecule is OC(CNc1cc(F)ccc1F)Cn1cccn1. The summed E-state index contributed by atoms with van der Waals surface area (Å²) in [5, 5.41) is 16.3. The van der Waals surface area contributed by atoms with Crippen LogP contribution in [0.1, 0.15) is 0 Å². The quantitative estimate of drug-likeness (QED) is 0.851. The maximum absolute atomic E-state index is 13.3. The van der Waals surface area contributed by atoms with Crippen molar-refractivity contribution in [1.29, 1.82) is 0 Å². The van der Waals surface area contributed by atoms with Gasteiger partial charge in [0.2, 0.25) is 0 Å². The minimum absolute atomic E-state index is 0.0366. The highest BCUT2D eigenvalue weighted by molar-refractivity contribution is 5.44. The van der Waals surface area contributed by atoms with E-state index in [-0.39, 0.29) is 18.8 Å². The van der Waals surface area contributed by atoms with Crippen molar-refractivity contribution in [2.45, 2.75) is 12.6 Å². The summed E-state index contributed by atoms with van der Waals surface area (Å²) in [4.78, 5) is 0. The Bertz CT molecular complexity index is 502. The summed E-state index contributed by atoms with van der Waals surface area (Å²) in [5.74, 6) is -1.08. The number of nitrogens with one attached hydrogen (secondary N) is 1. The second-order valence-corrected chi connectivity index (χ2v) is 3.89. The topological polar surface area (TPSA) is 50.1 Å². The van der Waals surface area contributed by atoms with Gasteiger partial charge in [0.25, 0.3) is 0 Å². The van der Waals surface area contributed by atoms with Crippen LogP contribution in [0, 0.1) is 11.6 Å². The Hall–Kier alpha value is -1.95. The predicted octanol–water partition coefficient (Wildman–Crippen LogP) is 1.63. The molecule has 96 valence electrons. The van der Waals surface area contributed by atoms with Gasteiger partial charge in [0.05, 0.1) is 18.3 Å². The molecule has 0 aliphatic carbocycles. The van der Waals surface area contributed by atoms with Gasteiger partial charge in [-0.25, -0.2) is 8.78 Å². The van der Waals surface area contributed by atoms with Crippen LogP contribution in [0.15, 0.2) is 36.7 Å². The average Bonchev–Trinajstić information content (AvgIpc) is 2.83. The highest BCUT2D eigenvalue weighted by atomic mass is 19.1. The van der Waals surface area contributed by atoms with E-state index in [0.29, 0.717) is 0 Å². The summed E-state index contributed by atoms with van der Waals surface area (Å²) < 4.78 is 27.7. The van der Waals surface area contributed by atoms with Crippen molar-refractivity contribution in [2.24, 2.45) is 0 Å². The molecule has 1 unspecified atom stereocenters. The molecule has 4 nitrogen and oxygen atoms in total. The number of nitrogens with zero attached hydrogens (tertiary/aromatic N) is 2. The first-order valence-corrected chi connectivity index (χ1v) is 5.49. The van der Waals surface area contributed by atoms with Gasteiger partial charge in [-0.3, -0.25) is 4.68 Å². The molecule has 1 aromatic heterocycles. The van der Waals surface area contributed by atoms with E-state index >= 15 is 0 Å². The van der Waals surface area contributed by atoms with Crippen LogP contribution in [0.2, 0.25) is 0 Å². The Labute approximate surface area is 103 Å². The minimum atomic E-state index is -0.743. The van der Waals surface area contributed by atoms with Crippen molar-refractivity contribution in [3.05, 3.63) is 48.3 Å². The van der Waals surface area contributed by atoms with Gasteiger partial charge in [0, 0.05) is 18.9 Å². The molecule has 0 spiro atoms. The zero-order chi connectivity index (χ0) is 13.0. The molecule has 18 heavy (non-hydrogen) atoms. The maximum atomic E-state index is 13.3. The number of aliphatic hydroxyl groups is 1. The lowest BCUT2D eigenvalue weighted by Gasteiger charge is -2.13. The van der Waals surface area contributed by atoms with Gasteiger partial charge in [0.1, 0.15) is 11.6 Å². The number of aromatic nitrogens is 2. The van der Waals surface area contributed by atoms with Crippen LogP contribution in [0.4, 0.5) is 14.5 Å². The van der Waals surface area contributed by atoms with Gasteiger partial charge >= 0.3 is 0 Å². The van der Waals surface area contributed by atoms with Crippen LogP contribution in [0.3, 0.4) is 0 Å². The Balaban J connectivity index is 1.89. The lowest BCUT2D eigenvalue weighted by Crippen LogP contribution is -2.25. The van der Waals surface area contributed by atoms with Crippen LogP contribution in [-0.2, 0) is 6.54 Å². The average molecular weight is 253 g/mol. The van der Waals surface area contributed by atoms with E-state index in [0.717, 1.165) is 18.2 Å². The Morgan fingerprint density at radius 3 is 2.94 bits per heavy atom. The molecule has 0 saturated carbocycles. The van der Waals surface area contributed by atoms with Crippen LogP contribution in [0.5, 0.6) is 0 Å². The summed E-state index contributed by atoms with van der Waals surface area (Å²) in [7, 11) is 0. The maximum Gasteiger partial charge on any atom is 0.146 e. The second kappa shape index (κ2) is 5.59. The molecule has 0 amide bonds. The smallest absolute Gasteiger partial charge is 0.146 e. The Morgan fingerprint density at radius 1 is 1.39 bits per heavy atom. The molecule has 0 aliphatic rings. The molecule has 1 atom stereocenters. The fraction of sp³-hybridized carbons (Fsp3) is 0.250. The first-order chi connectivity index (χ1) is 8.65. The predicted molar refractivity (Wildman–Crippen MR) is 63.1 cm³/mol. The van der Waals surface area contributed by atoms with E-state index in [1.165, 1.54) is 0 Å². The normalized spacial score (nSPS) is 12.4. The fourth-order valence-corrected chi connectivity index (χ4v) is 1.55. The van der Waals surface area contributed by atoms with Gasteiger partial charge in [-0.05, 0) is 24.3 Å². The van der Waals surface area contributed by atoms with Crippen molar-refractivity contribution in [1.82, 2.24) is 9.78 Å². The molecule has 1 heterocycles. The molecule has 0 aliphatic heterocycles. The van der Waals surface area contributed by atoms with Crippen molar-refractivity contribution in [3.8, 4) is 0 Å². The van der Waals surface area contributed by atoms with Gasteiger partial charge in [-0.2, -0.15) is 5.10 Å². The molecule has 0 bridgehead atoms. The Morgan fingerprint density at radius 2 is 2.22 bits per heavy atom. The van der Waals surface area contributed by atoms with Crippen LogP contribution in [0.25, 0.3) is 0 Å². The summed E-state index contributed by atoms with van der Waals surface area (Å²) in [6.07, 6.45) is 2.57. The summed E-state index contributed by atoms with van der Waals surface area (Å²) in [6, 6.07) is 4.88. The summed E-state index contributed by atoms with van der Waals surface area (Å²) in [6.45, 7) is 0.400. The molecular weight excluding hydrogens is 240 g/mol. The number of hydrogen-bond donors (Lipinski definition) is 2. The molecule has 2 aromatic rings. The molecule has 0 fully saturated rings. The third-order valence-corrected chi connectivity index (χ3v) is 2.41. The lowest BCUT2D eigenvalue weighted by molar-refractivity contribution is 0.161. The summed E-state index contributed by atoms with van der Waals surface area (Å²) >= 11 is 0. The first kappa shape index (κ1) is 12.5. The monoisotopic (exact) mass is 253 g/mol. The molecule has 2 rings (SSSR count). The van der Waals surface area contributed by atoms with Gasteiger partial charge in [0.15, 0.2) is 0 Å². The third-order valence-electron chi connectivity index (χ3n) is 2.41. The number of halogens is 2. The highest BCUT2D eigenvalue weighted by Crippen LogP contribution is 2.15. The molecular formula is C12H13F2N3O. The molecule has 2 N–H and O–H groups in total. The number of benzene rings is 1. The van der Waals surface area contributed by atoms with Gasteiger partial charge in [-0.1, -0.05) is 0 Å². The van der Waals surface area contributed by atoms with E-state index in [2.05, 4.69) is 10.4 Å². The third kappa shape index (κ3) is 3.27. The van der Waals surface area contributed by atoms with E-state index < -0.39 is 17.7 Å². The number of aliphatic hydroxyl groups excluding tert-OH is 1. The number of rotatable bonds is 5. The summed E-state index contributed by atoms with van der Waals surface area (Å²) in [5.41, 5.74) is 0.0366. The standard InChI is InChI=1S/C12H13F2N3O/c13-9-2-3-11(14)12(6-9)15-7-10(18)8-17-5-1-4-16-17/h1-6,10,15,18H,7-8H2. The molecule has 0 saturated heterocycles. The largest absolute Gasteiger partial charge is 0.389 e. The minimum Gasteiger partial charge on any atom is -0.389 e. The van der Waals surface area contributed by atoms with Crippen LogP contribution >= 0.6 is 0 Å².